The van der Waals surface area contributed by atoms with Crippen LogP contribution in [0.15, 0.2) is 71.6 Å². The molecule has 3 N–H and O–H groups in total. The van der Waals surface area contributed by atoms with Crippen molar-refractivity contribution in [1.82, 2.24) is 5.32 Å². The molecule has 4 aliphatic carbocycles. The molecule has 2 aromatic rings. The minimum absolute atomic E-state index is 0.00891. The first-order valence-corrected chi connectivity index (χ1v) is 19.1. The van der Waals surface area contributed by atoms with E-state index in [9.17, 15) is 5.11 Å². The highest BCUT2D eigenvalue weighted by Crippen LogP contribution is 2.65. The third-order valence-corrected chi connectivity index (χ3v) is 12.3. The van der Waals surface area contributed by atoms with E-state index in [2.05, 4.69) is 99.9 Å². The summed E-state index contributed by atoms with van der Waals surface area (Å²) in [4.78, 5) is 0. The van der Waals surface area contributed by atoms with Crippen LogP contribution in [0.25, 0.3) is 0 Å². The van der Waals surface area contributed by atoms with Gasteiger partial charge < -0.3 is 25.2 Å². The molecular weight excluding hydrogens is 592 g/mol. The largest absolute Gasteiger partial charge is 0.393 e. The summed E-state index contributed by atoms with van der Waals surface area (Å²) in [6.07, 6.45) is 11.7. The minimum atomic E-state index is -0.395. The molecule has 6 unspecified atom stereocenters. The van der Waals surface area contributed by atoms with E-state index in [0.29, 0.717) is 23.7 Å². The molecule has 7 rings (SSSR count). The van der Waals surface area contributed by atoms with Crippen molar-refractivity contribution < 1.29 is 14.6 Å². The monoisotopic (exact) mass is 654 g/mol. The molecule has 1 heterocycles. The molecule has 262 valence electrons. The molecule has 0 aromatic heterocycles. The molecule has 4 fully saturated rings. The SMILES string of the molecule is CC.CC/C=C(/NCc1ccc(C2CC3(C)C(O)CCC3C3CCC4CC5(CCC4=C23)OCC(C)(C)CO5)cc1)Nc1ccc(C)cc1. The molecule has 5 nitrogen and oxygen atoms in total. The van der Waals surface area contributed by atoms with Crippen molar-refractivity contribution in [1.29, 1.82) is 0 Å². The van der Waals surface area contributed by atoms with Crippen molar-refractivity contribution in [3.63, 3.8) is 0 Å². The smallest absolute Gasteiger partial charge is 0.169 e. The molecule has 6 atom stereocenters. The fourth-order valence-corrected chi connectivity index (χ4v) is 9.73. The molecule has 5 aliphatic rings. The zero-order chi connectivity index (χ0) is 34.1. The molecule has 1 saturated heterocycles. The average molecular weight is 655 g/mol. The summed E-state index contributed by atoms with van der Waals surface area (Å²) < 4.78 is 13.1. The Bertz CT molecular complexity index is 1450. The van der Waals surface area contributed by atoms with Gasteiger partial charge in [-0.1, -0.05) is 94.7 Å². The third-order valence-electron chi connectivity index (χ3n) is 12.3. The Balaban J connectivity index is 0.00000197. The summed E-state index contributed by atoms with van der Waals surface area (Å²) in [5.74, 6) is 2.75. The zero-order valence-corrected chi connectivity index (χ0v) is 30.8. The maximum atomic E-state index is 11.3. The standard InChI is InChI=1S/C41H56N2O3.C2H6/c1-6-7-37(43-31-15-8-27(2)9-16-31)42-24-28-10-12-29(13-11-28)34-23-40(5)35(18-19-36(40)44)33-17-14-30-22-41(21-20-32(30)38(33)34)45-25-39(3,4)26-46-41;1-2/h7-13,15-16,30,33-36,42-44H,6,14,17-26H2,1-5H3;1-2H3/b37-7-;. The Morgan fingerprint density at radius 3 is 2.31 bits per heavy atom. The van der Waals surface area contributed by atoms with Crippen LogP contribution >= 0.6 is 0 Å². The van der Waals surface area contributed by atoms with Crippen LogP contribution in [0.1, 0.15) is 122 Å². The second-order valence-corrected chi connectivity index (χ2v) is 16.3. The Morgan fingerprint density at radius 2 is 1.62 bits per heavy atom. The number of anilines is 1. The highest BCUT2D eigenvalue weighted by molar-refractivity contribution is 5.49. The number of hydrogen-bond acceptors (Lipinski definition) is 5. The lowest BCUT2D eigenvalue weighted by molar-refractivity contribution is -0.312. The van der Waals surface area contributed by atoms with E-state index in [1.807, 2.05) is 13.8 Å². The van der Waals surface area contributed by atoms with Crippen LogP contribution in [-0.2, 0) is 16.0 Å². The van der Waals surface area contributed by atoms with Gasteiger partial charge >= 0.3 is 0 Å². The minimum Gasteiger partial charge on any atom is -0.393 e. The highest BCUT2D eigenvalue weighted by atomic mass is 16.7. The van der Waals surface area contributed by atoms with Gasteiger partial charge in [-0.2, -0.15) is 0 Å². The van der Waals surface area contributed by atoms with E-state index in [0.717, 1.165) is 76.2 Å². The maximum Gasteiger partial charge on any atom is 0.169 e. The summed E-state index contributed by atoms with van der Waals surface area (Å²) in [5, 5.41) is 18.5. The van der Waals surface area contributed by atoms with Gasteiger partial charge in [-0.3, -0.25) is 0 Å². The van der Waals surface area contributed by atoms with Crippen LogP contribution in [0.4, 0.5) is 5.69 Å². The number of nitrogens with one attached hydrogen (secondary N) is 2. The van der Waals surface area contributed by atoms with Gasteiger partial charge in [-0.15, -0.1) is 0 Å². The predicted molar refractivity (Wildman–Crippen MR) is 198 cm³/mol. The Labute approximate surface area is 291 Å². The molecule has 0 radical (unpaired) electrons. The van der Waals surface area contributed by atoms with Crippen LogP contribution in [0.5, 0.6) is 0 Å². The lowest BCUT2D eigenvalue weighted by atomic mass is 9.52. The van der Waals surface area contributed by atoms with Gasteiger partial charge in [0.1, 0.15) is 0 Å². The van der Waals surface area contributed by atoms with Crippen molar-refractivity contribution >= 4 is 5.69 Å². The number of allylic oxidation sites excluding steroid dienone is 3. The molecule has 5 heteroatoms. The molecular formula is C43H62N2O3. The first kappa shape index (κ1) is 35.2. The molecule has 2 aromatic carbocycles. The number of hydrogen-bond donors (Lipinski definition) is 3. The highest BCUT2D eigenvalue weighted by Gasteiger charge is 2.57. The molecule has 1 spiro atoms. The zero-order valence-electron chi connectivity index (χ0n) is 30.8. The normalized spacial score (nSPS) is 32.0. The quantitative estimate of drug-likeness (QED) is 0.260. The number of benzene rings is 2. The molecule has 3 saturated carbocycles. The summed E-state index contributed by atoms with van der Waals surface area (Å²) in [5.41, 5.74) is 8.60. The van der Waals surface area contributed by atoms with Crippen molar-refractivity contribution in [3.05, 3.63) is 88.3 Å². The van der Waals surface area contributed by atoms with Crippen molar-refractivity contribution in [3.8, 4) is 0 Å². The van der Waals surface area contributed by atoms with E-state index in [-0.39, 0.29) is 16.9 Å². The number of aliphatic hydroxyl groups excluding tert-OH is 1. The number of aliphatic hydroxyl groups is 1. The van der Waals surface area contributed by atoms with Crippen LogP contribution < -0.4 is 10.6 Å². The number of aryl methyl sites for hydroxylation is 1. The molecule has 0 amide bonds. The lowest BCUT2D eigenvalue weighted by Gasteiger charge is -2.55. The number of rotatable bonds is 7. The van der Waals surface area contributed by atoms with E-state index in [4.69, 9.17) is 9.47 Å². The summed E-state index contributed by atoms with van der Waals surface area (Å²) in [6, 6.07) is 18.0. The summed E-state index contributed by atoms with van der Waals surface area (Å²) in [7, 11) is 0. The van der Waals surface area contributed by atoms with E-state index < -0.39 is 5.79 Å². The average Bonchev–Trinajstić information content (AvgIpc) is 3.40. The second kappa shape index (κ2) is 14.3. The molecule has 48 heavy (non-hydrogen) atoms. The third kappa shape index (κ3) is 7.02. The number of fused-ring (bicyclic) bond motifs is 4. The second-order valence-electron chi connectivity index (χ2n) is 16.3. The molecule has 1 aliphatic heterocycles. The lowest BCUT2D eigenvalue weighted by Crippen LogP contribution is -2.52. The van der Waals surface area contributed by atoms with Crippen molar-refractivity contribution in [2.45, 2.75) is 131 Å². The topological polar surface area (TPSA) is 62.8 Å². The summed E-state index contributed by atoms with van der Waals surface area (Å²) in [6.45, 7) is 17.5. The Morgan fingerprint density at radius 1 is 0.917 bits per heavy atom. The van der Waals surface area contributed by atoms with Gasteiger partial charge in [-0.05, 0) is 104 Å². The van der Waals surface area contributed by atoms with Gasteiger partial charge in [0.05, 0.1) is 25.1 Å². The fourth-order valence-electron chi connectivity index (χ4n) is 9.73. The van der Waals surface area contributed by atoms with Crippen molar-refractivity contribution in [2.75, 3.05) is 18.5 Å². The fraction of sp³-hybridized carbons (Fsp3) is 0.628. The molecule has 0 bridgehead atoms. The Kier molecular flexibility index (Phi) is 10.5. The van der Waals surface area contributed by atoms with Crippen LogP contribution in [0, 0.1) is 35.5 Å². The predicted octanol–water partition coefficient (Wildman–Crippen LogP) is 10.0. The first-order chi connectivity index (χ1) is 23.1. The van der Waals surface area contributed by atoms with Gasteiger partial charge in [0.2, 0.25) is 0 Å². The van der Waals surface area contributed by atoms with Gasteiger partial charge in [0.25, 0.3) is 0 Å². The summed E-state index contributed by atoms with van der Waals surface area (Å²) >= 11 is 0. The Hall–Kier alpha value is -2.60. The van der Waals surface area contributed by atoms with Gasteiger partial charge in [0, 0.05) is 36.4 Å². The first-order valence-electron chi connectivity index (χ1n) is 19.1. The number of ether oxygens (including phenoxy) is 2. The maximum absolute atomic E-state index is 11.3. The van der Waals surface area contributed by atoms with Gasteiger partial charge in [0.15, 0.2) is 5.79 Å². The van der Waals surface area contributed by atoms with Crippen molar-refractivity contribution in [2.24, 2.45) is 28.6 Å². The van der Waals surface area contributed by atoms with Gasteiger partial charge in [-0.25, -0.2) is 0 Å². The van der Waals surface area contributed by atoms with Crippen LogP contribution in [0.2, 0.25) is 0 Å². The van der Waals surface area contributed by atoms with E-state index in [1.54, 1.807) is 11.1 Å². The van der Waals surface area contributed by atoms with Crippen LogP contribution in [0.3, 0.4) is 0 Å². The van der Waals surface area contributed by atoms with Crippen LogP contribution in [-0.4, -0.2) is 30.2 Å². The van der Waals surface area contributed by atoms with E-state index >= 15 is 0 Å². The van der Waals surface area contributed by atoms with E-state index in [1.165, 1.54) is 29.5 Å².